The summed E-state index contributed by atoms with van der Waals surface area (Å²) in [5.74, 6) is -0.127. The fourth-order valence-electron chi connectivity index (χ4n) is 5.03. The quantitative estimate of drug-likeness (QED) is 0.266. The second-order valence-corrected chi connectivity index (χ2v) is 16.2. The molecular weight excluding hydrogens is 466 g/mol. The van der Waals surface area contributed by atoms with Gasteiger partial charge in [-0.25, -0.2) is 4.89 Å². The van der Waals surface area contributed by atoms with Crippen molar-refractivity contribution in [2.75, 3.05) is 20.2 Å². The first kappa shape index (κ1) is 25.2. The molecule has 2 saturated heterocycles. The molecule has 0 N–H and O–H groups in total. The van der Waals surface area contributed by atoms with Crippen molar-refractivity contribution in [3.05, 3.63) is 102 Å². The van der Waals surface area contributed by atoms with E-state index >= 15 is 0 Å². The third kappa shape index (κ3) is 4.11. The molecule has 2 heterocycles. The van der Waals surface area contributed by atoms with Crippen LogP contribution in [0.4, 0.5) is 0 Å². The predicted octanol–water partition coefficient (Wildman–Crippen LogP) is 6.68. The zero-order valence-electron chi connectivity index (χ0n) is 22.2. The first-order chi connectivity index (χ1) is 17.1. The van der Waals surface area contributed by atoms with Crippen LogP contribution in [-0.2, 0) is 20.3 Å². The first-order valence-electron chi connectivity index (χ1n) is 12.7. The van der Waals surface area contributed by atoms with Gasteiger partial charge in [0.1, 0.15) is 5.75 Å². The summed E-state index contributed by atoms with van der Waals surface area (Å²) < 4.78 is 12.7. The highest BCUT2D eigenvalue weighted by molar-refractivity contribution is 6.74. The number of hydrogen-bond donors (Lipinski definition) is 0. The lowest BCUT2D eigenvalue weighted by Crippen LogP contribution is -2.80. The van der Waals surface area contributed by atoms with E-state index in [-0.39, 0.29) is 11.1 Å². The molecule has 0 aliphatic carbocycles. The molecule has 5 nitrogen and oxygen atoms in total. The summed E-state index contributed by atoms with van der Waals surface area (Å²) in [5.41, 5.74) is 2.85. The molecule has 3 aromatic carbocycles. The highest BCUT2D eigenvalue weighted by Gasteiger charge is 2.72. The van der Waals surface area contributed by atoms with E-state index in [1.165, 1.54) is 11.1 Å². The molecule has 1 spiro atoms. The van der Waals surface area contributed by atoms with E-state index in [1.54, 1.807) is 7.11 Å². The summed E-state index contributed by atoms with van der Waals surface area (Å²) in [6.07, 6.45) is 0. The van der Waals surface area contributed by atoms with E-state index in [9.17, 15) is 0 Å². The third-order valence-corrected chi connectivity index (χ3v) is 12.5. The van der Waals surface area contributed by atoms with Crippen LogP contribution in [0.25, 0.3) is 0 Å². The van der Waals surface area contributed by atoms with E-state index in [0.29, 0.717) is 13.1 Å². The maximum absolute atomic E-state index is 6.59. The smallest absolute Gasteiger partial charge is 0.262 e. The highest BCUT2D eigenvalue weighted by atomic mass is 28.4. The monoisotopic (exact) mass is 503 g/mol. The molecule has 0 aromatic heterocycles. The standard InChI is InChI=1S/C30H37NO4Si/c1-28(2,3)36(5,6)33-26-19-13-18-25(20-26)30(32-4)29(34-35-30)21-31(22-29)27(23-14-9-7-10-15-23)24-16-11-8-12-17-24/h7-20,27H,21-22H2,1-6H3. The molecule has 0 saturated carbocycles. The van der Waals surface area contributed by atoms with Crippen LogP contribution in [-0.4, -0.2) is 39.0 Å². The van der Waals surface area contributed by atoms with Crippen LogP contribution in [0.1, 0.15) is 43.5 Å². The molecule has 2 aliphatic heterocycles. The van der Waals surface area contributed by atoms with Gasteiger partial charge in [-0.05, 0) is 41.4 Å². The lowest BCUT2D eigenvalue weighted by molar-refractivity contribution is -0.634. The summed E-state index contributed by atoms with van der Waals surface area (Å²) in [4.78, 5) is 14.1. The average Bonchev–Trinajstić information content (AvgIpc) is 2.81. The van der Waals surface area contributed by atoms with Gasteiger partial charge >= 0.3 is 0 Å². The van der Waals surface area contributed by atoms with Gasteiger partial charge < -0.3 is 9.16 Å². The van der Waals surface area contributed by atoms with Crippen molar-refractivity contribution >= 4 is 8.32 Å². The molecule has 2 fully saturated rings. The van der Waals surface area contributed by atoms with Gasteiger partial charge in [-0.1, -0.05) is 93.6 Å². The van der Waals surface area contributed by atoms with Crippen molar-refractivity contribution in [3.63, 3.8) is 0 Å². The van der Waals surface area contributed by atoms with Gasteiger partial charge in [-0.2, -0.15) is 4.89 Å². The van der Waals surface area contributed by atoms with E-state index in [2.05, 4.69) is 105 Å². The summed E-state index contributed by atoms with van der Waals surface area (Å²) in [6, 6.07) is 29.5. The number of nitrogens with zero attached hydrogens (tertiary/aromatic N) is 1. The minimum Gasteiger partial charge on any atom is -0.543 e. The third-order valence-electron chi connectivity index (χ3n) is 8.11. The van der Waals surface area contributed by atoms with Crippen molar-refractivity contribution in [3.8, 4) is 5.75 Å². The molecule has 3 aromatic rings. The Morgan fingerprint density at radius 3 is 1.89 bits per heavy atom. The van der Waals surface area contributed by atoms with Crippen molar-refractivity contribution in [2.45, 2.75) is 56.3 Å². The van der Waals surface area contributed by atoms with Crippen molar-refractivity contribution < 1.29 is 18.9 Å². The SMILES string of the molecule is COC1(c2cccc(O[Si](C)(C)C(C)(C)C)c2)OOC12CN(C(c1ccccc1)c1ccccc1)C2. The van der Waals surface area contributed by atoms with Crippen molar-refractivity contribution in [2.24, 2.45) is 0 Å². The lowest BCUT2D eigenvalue weighted by Gasteiger charge is -2.64. The normalized spacial score (nSPS) is 21.8. The minimum atomic E-state index is -1.98. The van der Waals surface area contributed by atoms with Gasteiger partial charge in [-0.15, -0.1) is 0 Å². The highest BCUT2D eigenvalue weighted by Crippen LogP contribution is 2.56. The molecule has 0 radical (unpaired) electrons. The van der Waals surface area contributed by atoms with E-state index in [0.717, 1.165) is 11.3 Å². The summed E-state index contributed by atoms with van der Waals surface area (Å²) in [6.45, 7) is 12.6. The number of likely N-dealkylation sites (tertiary alicyclic amines) is 1. The summed E-state index contributed by atoms with van der Waals surface area (Å²) in [5, 5.41) is 0.109. The van der Waals surface area contributed by atoms with E-state index in [4.69, 9.17) is 18.9 Å². The fourth-order valence-corrected chi connectivity index (χ4v) is 6.06. The van der Waals surface area contributed by atoms with Crippen LogP contribution in [0.3, 0.4) is 0 Å². The number of ether oxygens (including phenoxy) is 1. The van der Waals surface area contributed by atoms with Gasteiger partial charge in [0.25, 0.3) is 5.79 Å². The van der Waals surface area contributed by atoms with E-state index < -0.39 is 19.7 Å². The average molecular weight is 504 g/mol. The number of benzene rings is 3. The Morgan fingerprint density at radius 2 is 1.42 bits per heavy atom. The maximum Gasteiger partial charge on any atom is 0.262 e. The minimum absolute atomic E-state index is 0.109. The molecule has 0 amide bonds. The maximum atomic E-state index is 6.59. The molecule has 5 rings (SSSR count). The molecule has 1 unspecified atom stereocenters. The molecular formula is C30H37NO4Si. The first-order valence-corrected chi connectivity index (χ1v) is 15.6. The topological polar surface area (TPSA) is 40.2 Å². The Morgan fingerprint density at radius 1 is 0.833 bits per heavy atom. The number of rotatable bonds is 7. The van der Waals surface area contributed by atoms with Gasteiger partial charge in [0.15, 0.2) is 5.60 Å². The van der Waals surface area contributed by atoms with Crippen molar-refractivity contribution in [1.29, 1.82) is 0 Å². The molecule has 6 heteroatoms. The fraction of sp³-hybridized carbons (Fsp3) is 0.400. The van der Waals surface area contributed by atoms with Crippen LogP contribution in [0, 0.1) is 0 Å². The zero-order chi connectivity index (χ0) is 25.6. The predicted molar refractivity (Wildman–Crippen MR) is 144 cm³/mol. The molecule has 2 aliphatic rings. The second kappa shape index (κ2) is 9.12. The Bertz CT molecular complexity index is 1140. The summed E-state index contributed by atoms with van der Waals surface area (Å²) in [7, 11) is -0.288. The Kier molecular flexibility index (Phi) is 6.38. The Balaban J connectivity index is 1.41. The zero-order valence-corrected chi connectivity index (χ0v) is 23.2. The van der Waals surface area contributed by atoms with Crippen molar-refractivity contribution in [1.82, 2.24) is 4.90 Å². The van der Waals surface area contributed by atoms with Gasteiger partial charge in [-0.3, -0.25) is 4.90 Å². The summed E-state index contributed by atoms with van der Waals surface area (Å²) >= 11 is 0. The largest absolute Gasteiger partial charge is 0.543 e. The van der Waals surface area contributed by atoms with Crippen LogP contribution < -0.4 is 4.43 Å². The van der Waals surface area contributed by atoms with Crippen LogP contribution in [0.15, 0.2) is 84.9 Å². The van der Waals surface area contributed by atoms with Crippen LogP contribution in [0.2, 0.25) is 18.1 Å². The van der Waals surface area contributed by atoms with E-state index in [1.807, 2.05) is 18.2 Å². The van der Waals surface area contributed by atoms with Gasteiger partial charge in [0, 0.05) is 25.8 Å². The number of methoxy groups -OCH3 is 1. The van der Waals surface area contributed by atoms with Crippen LogP contribution >= 0.6 is 0 Å². The van der Waals surface area contributed by atoms with Gasteiger partial charge in [0.2, 0.25) is 8.32 Å². The second-order valence-electron chi connectivity index (χ2n) is 11.5. The van der Waals surface area contributed by atoms with Crippen LogP contribution in [0.5, 0.6) is 5.75 Å². The molecule has 1 atom stereocenters. The number of hydrogen-bond acceptors (Lipinski definition) is 5. The molecule has 36 heavy (non-hydrogen) atoms. The Hall–Kier alpha value is -2.48. The lowest BCUT2D eigenvalue weighted by atomic mass is 9.77. The molecule has 0 bridgehead atoms. The Labute approximate surface area is 216 Å². The van der Waals surface area contributed by atoms with Gasteiger partial charge in [0.05, 0.1) is 6.04 Å². The molecule has 190 valence electrons.